The summed E-state index contributed by atoms with van der Waals surface area (Å²) in [7, 11) is 0. The summed E-state index contributed by atoms with van der Waals surface area (Å²) >= 11 is 0. The average Bonchev–Trinajstić information content (AvgIpc) is 3.22. The normalized spacial score (nSPS) is 16.5. The first-order chi connectivity index (χ1) is 14.9. The molecule has 0 N–H and O–H groups in total. The number of rotatable bonds is 5. The van der Waals surface area contributed by atoms with Crippen LogP contribution in [0.1, 0.15) is 30.0 Å². The highest BCUT2D eigenvalue weighted by Crippen LogP contribution is 2.23. The van der Waals surface area contributed by atoms with Crippen LogP contribution in [0.4, 0.5) is 4.39 Å². The van der Waals surface area contributed by atoms with Crippen molar-refractivity contribution < 1.29 is 13.7 Å². The highest BCUT2D eigenvalue weighted by molar-refractivity contribution is 5.76. The molecule has 1 aliphatic heterocycles. The molecule has 2 aromatic heterocycles. The maximum Gasteiger partial charge on any atom is 0.256 e. The van der Waals surface area contributed by atoms with Gasteiger partial charge in [0, 0.05) is 30.8 Å². The van der Waals surface area contributed by atoms with E-state index in [1.165, 1.54) is 17.0 Å². The summed E-state index contributed by atoms with van der Waals surface area (Å²) in [6.07, 6.45) is 3.71. The first kappa shape index (κ1) is 20.9. The van der Waals surface area contributed by atoms with E-state index < -0.39 is 5.82 Å². The maximum absolute atomic E-state index is 13.9. The quantitative estimate of drug-likeness (QED) is 0.624. The minimum Gasteiger partial charge on any atom is -0.341 e. The number of hydrogen-bond donors (Lipinski definition) is 0. The van der Waals surface area contributed by atoms with Crippen molar-refractivity contribution >= 4 is 5.91 Å². The van der Waals surface area contributed by atoms with Gasteiger partial charge in [-0.3, -0.25) is 14.2 Å². The van der Waals surface area contributed by atoms with Crippen molar-refractivity contribution in [3.63, 3.8) is 0 Å². The molecule has 1 aromatic carbocycles. The highest BCUT2D eigenvalue weighted by Gasteiger charge is 2.26. The predicted molar refractivity (Wildman–Crippen MR) is 111 cm³/mol. The third-order valence-electron chi connectivity index (χ3n) is 5.74. The van der Waals surface area contributed by atoms with Gasteiger partial charge in [0.2, 0.25) is 17.6 Å². The van der Waals surface area contributed by atoms with Gasteiger partial charge in [-0.1, -0.05) is 17.3 Å². The van der Waals surface area contributed by atoms with E-state index in [2.05, 4.69) is 15.1 Å². The topological polar surface area (TPSA) is 94.1 Å². The van der Waals surface area contributed by atoms with Gasteiger partial charge in [-0.25, -0.2) is 9.37 Å². The number of carbonyl (C=O) groups is 1. The third-order valence-corrected chi connectivity index (χ3v) is 5.74. The number of aryl methyl sites for hydroxylation is 1. The number of amides is 1. The van der Waals surface area contributed by atoms with Crippen LogP contribution >= 0.6 is 0 Å². The number of carbonyl (C=O) groups excluding carboxylic acids is 1. The zero-order valence-electron chi connectivity index (χ0n) is 17.5. The summed E-state index contributed by atoms with van der Waals surface area (Å²) < 4.78 is 20.6. The molecule has 0 unspecified atom stereocenters. The van der Waals surface area contributed by atoms with E-state index in [0.29, 0.717) is 42.2 Å². The molecule has 0 saturated carbocycles. The maximum atomic E-state index is 13.9. The van der Waals surface area contributed by atoms with Crippen molar-refractivity contribution in [1.29, 1.82) is 0 Å². The fourth-order valence-corrected chi connectivity index (χ4v) is 3.83. The van der Waals surface area contributed by atoms with Crippen LogP contribution in [0, 0.1) is 25.6 Å². The summed E-state index contributed by atoms with van der Waals surface area (Å²) in [4.78, 5) is 35.4. The van der Waals surface area contributed by atoms with E-state index in [4.69, 9.17) is 4.52 Å². The predicted octanol–water partition coefficient (Wildman–Crippen LogP) is 2.53. The summed E-state index contributed by atoms with van der Waals surface area (Å²) in [6, 6.07) is 6.28. The Balaban J connectivity index is 1.40. The lowest BCUT2D eigenvalue weighted by Gasteiger charge is -2.32. The Kier molecular flexibility index (Phi) is 5.92. The van der Waals surface area contributed by atoms with E-state index in [1.807, 2.05) is 0 Å². The van der Waals surface area contributed by atoms with Crippen molar-refractivity contribution in [3.8, 4) is 11.4 Å². The molecule has 0 spiro atoms. The molecular weight excluding hydrogens is 401 g/mol. The van der Waals surface area contributed by atoms with Gasteiger partial charge < -0.3 is 9.42 Å². The molecule has 1 amide bonds. The van der Waals surface area contributed by atoms with Crippen molar-refractivity contribution in [1.82, 2.24) is 24.6 Å². The minimum atomic E-state index is -0.402. The lowest BCUT2D eigenvalue weighted by molar-refractivity contribution is -0.133. The molecular formula is C22H24FN5O3. The van der Waals surface area contributed by atoms with Crippen LogP contribution in [0.5, 0.6) is 0 Å². The lowest BCUT2D eigenvalue weighted by Crippen LogP contribution is -2.43. The molecule has 1 atom stereocenters. The second-order valence-corrected chi connectivity index (χ2v) is 7.93. The van der Waals surface area contributed by atoms with Crippen molar-refractivity contribution in [2.24, 2.45) is 5.92 Å². The van der Waals surface area contributed by atoms with Crippen LogP contribution in [0.25, 0.3) is 11.4 Å². The molecule has 0 radical (unpaired) electrons. The second kappa shape index (κ2) is 8.79. The molecule has 3 aromatic rings. The monoisotopic (exact) mass is 425 g/mol. The van der Waals surface area contributed by atoms with Crippen LogP contribution in [0.15, 0.2) is 39.9 Å². The number of piperidine rings is 1. The summed E-state index contributed by atoms with van der Waals surface area (Å²) in [5.41, 5.74) is 1.32. The van der Waals surface area contributed by atoms with Crippen LogP contribution in [-0.4, -0.2) is 43.6 Å². The van der Waals surface area contributed by atoms with E-state index in [-0.39, 0.29) is 29.8 Å². The fraction of sp³-hybridized carbons (Fsp3) is 0.409. The zero-order valence-corrected chi connectivity index (χ0v) is 17.5. The van der Waals surface area contributed by atoms with Crippen LogP contribution in [0.3, 0.4) is 0 Å². The first-order valence-corrected chi connectivity index (χ1v) is 10.3. The Morgan fingerprint density at radius 1 is 1.29 bits per heavy atom. The molecule has 4 rings (SSSR count). The molecule has 8 nitrogen and oxygen atoms in total. The van der Waals surface area contributed by atoms with Gasteiger partial charge in [0.15, 0.2) is 0 Å². The molecule has 0 bridgehead atoms. The number of benzene rings is 1. The summed E-state index contributed by atoms with van der Waals surface area (Å²) in [5.74, 6) is 0.279. The summed E-state index contributed by atoms with van der Waals surface area (Å²) in [6.45, 7) is 4.64. The molecule has 3 heterocycles. The van der Waals surface area contributed by atoms with Gasteiger partial charge in [-0.05, 0) is 44.7 Å². The van der Waals surface area contributed by atoms with Crippen molar-refractivity contribution in [3.05, 3.63) is 63.9 Å². The number of likely N-dealkylation sites (tertiary alicyclic amines) is 1. The van der Waals surface area contributed by atoms with E-state index in [1.54, 1.807) is 36.9 Å². The van der Waals surface area contributed by atoms with Gasteiger partial charge in [0.25, 0.3) is 5.56 Å². The number of aromatic nitrogens is 4. The molecule has 1 aliphatic rings. The number of nitrogens with zero attached hydrogens (tertiary/aromatic N) is 5. The number of hydrogen-bond acceptors (Lipinski definition) is 6. The Hall–Kier alpha value is -3.36. The SMILES string of the molecule is Cc1ncn(CC(=O)N2CCC[C@H](Cc3nc(-c4ccccc4F)no3)C2)c(=O)c1C. The molecule has 31 heavy (non-hydrogen) atoms. The highest BCUT2D eigenvalue weighted by atomic mass is 19.1. The average molecular weight is 425 g/mol. The van der Waals surface area contributed by atoms with E-state index in [9.17, 15) is 14.0 Å². The van der Waals surface area contributed by atoms with Gasteiger partial charge in [-0.15, -0.1) is 0 Å². The van der Waals surface area contributed by atoms with Gasteiger partial charge in [-0.2, -0.15) is 4.98 Å². The number of halogens is 1. The standard InChI is InChI=1S/C22H24FN5O3/c1-14-15(2)24-13-28(22(14)30)12-20(29)27-9-5-6-16(11-27)10-19-25-21(26-31-19)17-7-3-4-8-18(17)23/h3-4,7-8,13,16H,5-6,9-12H2,1-2H3/t16-/m1/s1. The van der Waals surface area contributed by atoms with Gasteiger partial charge in [0.1, 0.15) is 12.4 Å². The van der Waals surface area contributed by atoms with Gasteiger partial charge in [0.05, 0.1) is 11.9 Å². The van der Waals surface area contributed by atoms with Gasteiger partial charge >= 0.3 is 0 Å². The first-order valence-electron chi connectivity index (χ1n) is 10.3. The Morgan fingerprint density at radius 2 is 2.10 bits per heavy atom. The van der Waals surface area contributed by atoms with E-state index >= 15 is 0 Å². The molecule has 1 saturated heterocycles. The zero-order chi connectivity index (χ0) is 22.0. The Morgan fingerprint density at radius 3 is 2.90 bits per heavy atom. The summed E-state index contributed by atoms with van der Waals surface area (Å²) in [5, 5.41) is 3.90. The van der Waals surface area contributed by atoms with Crippen molar-refractivity contribution in [2.45, 2.75) is 39.7 Å². The smallest absolute Gasteiger partial charge is 0.256 e. The van der Waals surface area contributed by atoms with Crippen LogP contribution in [-0.2, 0) is 17.8 Å². The molecule has 0 aliphatic carbocycles. The molecule has 9 heteroatoms. The van der Waals surface area contributed by atoms with E-state index in [0.717, 1.165) is 12.8 Å². The van der Waals surface area contributed by atoms with Crippen molar-refractivity contribution in [2.75, 3.05) is 13.1 Å². The lowest BCUT2D eigenvalue weighted by atomic mass is 9.94. The molecule has 162 valence electrons. The molecule has 1 fully saturated rings. The fourth-order valence-electron chi connectivity index (χ4n) is 3.83. The second-order valence-electron chi connectivity index (χ2n) is 7.93. The van der Waals surface area contributed by atoms with Crippen LogP contribution < -0.4 is 5.56 Å². The Bertz CT molecular complexity index is 1160. The van der Waals surface area contributed by atoms with Crippen LogP contribution in [0.2, 0.25) is 0 Å². The largest absolute Gasteiger partial charge is 0.341 e. The Labute approximate surface area is 178 Å². The minimum absolute atomic E-state index is 0.0301. The third kappa shape index (κ3) is 4.55.